The van der Waals surface area contributed by atoms with Crippen molar-refractivity contribution in [1.82, 2.24) is 4.31 Å². The normalized spacial score (nSPS) is 24.2. The van der Waals surface area contributed by atoms with E-state index in [-0.39, 0.29) is 11.5 Å². The molecule has 3 rings (SSSR count). The Morgan fingerprint density at radius 1 is 1.09 bits per heavy atom. The van der Waals surface area contributed by atoms with Crippen LogP contribution in [0.3, 0.4) is 0 Å². The predicted octanol–water partition coefficient (Wildman–Crippen LogP) is 1.97. The Morgan fingerprint density at radius 2 is 1.73 bits per heavy atom. The van der Waals surface area contributed by atoms with E-state index in [0.717, 1.165) is 11.1 Å². The van der Waals surface area contributed by atoms with E-state index in [9.17, 15) is 13.5 Å². The van der Waals surface area contributed by atoms with Crippen molar-refractivity contribution in [3.63, 3.8) is 0 Å². The summed E-state index contributed by atoms with van der Waals surface area (Å²) in [5.41, 5.74) is 1.34. The first-order chi connectivity index (χ1) is 10.5. The molecular formula is C17H19NO3S. The number of aryl methyl sites for hydroxylation is 1. The summed E-state index contributed by atoms with van der Waals surface area (Å²) in [5, 5.41) is 9.74. The topological polar surface area (TPSA) is 57.4 Å². The van der Waals surface area contributed by atoms with Crippen molar-refractivity contribution in [3.05, 3.63) is 65.7 Å². The zero-order valence-corrected chi connectivity index (χ0v) is 13.3. The molecule has 1 N–H and O–H groups in total. The Labute approximate surface area is 131 Å². The fourth-order valence-corrected chi connectivity index (χ4v) is 4.49. The molecule has 0 spiro atoms. The van der Waals surface area contributed by atoms with Crippen molar-refractivity contribution in [3.8, 4) is 0 Å². The third-order valence-electron chi connectivity index (χ3n) is 4.14. The highest BCUT2D eigenvalue weighted by molar-refractivity contribution is 7.89. The molecule has 2 aromatic rings. The first-order valence-electron chi connectivity index (χ1n) is 7.22. The third kappa shape index (κ3) is 2.67. The minimum atomic E-state index is -3.55. The van der Waals surface area contributed by atoms with Gasteiger partial charge in [-0.1, -0.05) is 48.0 Å². The van der Waals surface area contributed by atoms with E-state index >= 15 is 0 Å². The van der Waals surface area contributed by atoms with Gasteiger partial charge in [0, 0.05) is 6.54 Å². The molecule has 2 aromatic carbocycles. The third-order valence-corrected chi connectivity index (χ3v) is 6.11. The molecular weight excluding hydrogens is 298 g/mol. The SMILES string of the molecule is Cc1ccc(S(=O)(=O)N2CC2(CO)Cc2ccccc2)cc1. The predicted molar refractivity (Wildman–Crippen MR) is 85.0 cm³/mol. The number of hydrogen-bond donors (Lipinski definition) is 1. The molecule has 1 aliphatic rings. The number of aliphatic hydroxyl groups excluding tert-OH is 1. The van der Waals surface area contributed by atoms with E-state index in [2.05, 4.69) is 0 Å². The Hall–Kier alpha value is -1.69. The molecule has 1 saturated heterocycles. The second-order valence-corrected chi connectivity index (χ2v) is 7.73. The first-order valence-corrected chi connectivity index (χ1v) is 8.66. The highest BCUT2D eigenvalue weighted by atomic mass is 32.2. The van der Waals surface area contributed by atoms with Gasteiger partial charge in [0.15, 0.2) is 0 Å². The average Bonchev–Trinajstić information content (AvgIpc) is 3.24. The zero-order valence-electron chi connectivity index (χ0n) is 12.4. The highest BCUT2D eigenvalue weighted by Gasteiger charge is 2.58. The number of sulfonamides is 1. The van der Waals surface area contributed by atoms with Crippen LogP contribution >= 0.6 is 0 Å². The number of nitrogens with zero attached hydrogens (tertiary/aromatic N) is 1. The molecule has 0 amide bonds. The van der Waals surface area contributed by atoms with Gasteiger partial charge in [0.1, 0.15) is 0 Å². The molecule has 1 fully saturated rings. The van der Waals surface area contributed by atoms with E-state index < -0.39 is 15.6 Å². The molecule has 0 aromatic heterocycles. The maximum atomic E-state index is 12.7. The molecule has 0 radical (unpaired) electrons. The minimum absolute atomic E-state index is 0.174. The molecule has 0 bridgehead atoms. The molecule has 22 heavy (non-hydrogen) atoms. The Bertz CT molecular complexity index is 756. The summed E-state index contributed by atoms with van der Waals surface area (Å²) in [5.74, 6) is 0. The van der Waals surface area contributed by atoms with E-state index in [1.54, 1.807) is 24.3 Å². The van der Waals surface area contributed by atoms with Gasteiger partial charge in [0.25, 0.3) is 0 Å². The summed E-state index contributed by atoms with van der Waals surface area (Å²) in [6, 6.07) is 16.5. The largest absolute Gasteiger partial charge is 0.394 e. The molecule has 1 heterocycles. The van der Waals surface area contributed by atoms with Crippen molar-refractivity contribution in [1.29, 1.82) is 0 Å². The van der Waals surface area contributed by atoms with E-state index in [0.29, 0.717) is 13.0 Å². The monoisotopic (exact) mass is 317 g/mol. The van der Waals surface area contributed by atoms with Gasteiger partial charge in [-0.2, -0.15) is 4.31 Å². The van der Waals surface area contributed by atoms with Crippen LogP contribution in [0.4, 0.5) is 0 Å². The summed E-state index contributed by atoms with van der Waals surface area (Å²) in [7, 11) is -3.55. The summed E-state index contributed by atoms with van der Waals surface area (Å²) >= 11 is 0. The van der Waals surface area contributed by atoms with Crippen LogP contribution in [0.15, 0.2) is 59.5 Å². The van der Waals surface area contributed by atoms with Gasteiger partial charge in [-0.15, -0.1) is 0 Å². The smallest absolute Gasteiger partial charge is 0.243 e. The van der Waals surface area contributed by atoms with Gasteiger partial charge < -0.3 is 5.11 Å². The van der Waals surface area contributed by atoms with Crippen LogP contribution in [0.25, 0.3) is 0 Å². The van der Waals surface area contributed by atoms with Crippen LogP contribution < -0.4 is 0 Å². The van der Waals surface area contributed by atoms with Crippen LogP contribution in [0.1, 0.15) is 11.1 Å². The van der Waals surface area contributed by atoms with E-state index in [4.69, 9.17) is 0 Å². The lowest BCUT2D eigenvalue weighted by Gasteiger charge is -2.15. The second kappa shape index (κ2) is 5.50. The summed E-state index contributed by atoms with van der Waals surface area (Å²) in [6.45, 7) is 2.10. The Balaban J connectivity index is 1.85. The van der Waals surface area contributed by atoms with Crippen molar-refractivity contribution in [2.75, 3.05) is 13.2 Å². The van der Waals surface area contributed by atoms with E-state index in [1.807, 2.05) is 37.3 Å². The molecule has 0 saturated carbocycles. The highest BCUT2D eigenvalue weighted by Crippen LogP contribution is 2.40. The fourth-order valence-electron chi connectivity index (χ4n) is 2.71. The number of rotatable bonds is 5. The average molecular weight is 317 g/mol. The van der Waals surface area contributed by atoms with Crippen molar-refractivity contribution in [2.45, 2.75) is 23.8 Å². The van der Waals surface area contributed by atoms with Crippen molar-refractivity contribution >= 4 is 10.0 Å². The Kier molecular flexibility index (Phi) is 3.80. The number of aliphatic hydroxyl groups is 1. The minimum Gasteiger partial charge on any atom is -0.394 e. The maximum absolute atomic E-state index is 12.7. The second-order valence-electron chi connectivity index (χ2n) is 5.87. The first kappa shape index (κ1) is 15.2. The standard InChI is InChI=1S/C17H19NO3S/c1-14-7-9-16(10-8-14)22(20,21)18-12-17(18,13-19)11-15-5-3-2-4-6-15/h2-10,19H,11-13H2,1H3. The zero-order chi connectivity index (χ0) is 15.8. The molecule has 5 heteroatoms. The summed E-state index contributed by atoms with van der Waals surface area (Å²) < 4.78 is 26.8. The lowest BCUT2D eigenvalue weighted by Crippen LogP contribution is -2.29. The van der Waals surface area contributed by atoms with Crippen LogP contribution in [0, 0.1) is 6.92 Å². The number of benzene rings is 2. The van der Waals surface area contributed by atoms with Gasteiger partial charge in [0.05, 0.1) is 17.0 Å². The fraction of sp³-hybridized carbons (Fsp3) is 0.294. The van der Waals surface area contributed by atoms with Crippen LogP contribution in [-0.4, -0.2) is 36.5 Å². The van der Waals surface area contributed by atoms with Crippen molar-refractivity contribution < 1.29 is 13.5 Å². The molecule has 2 atom stereocenters. The molecule has 4 nitrogen and oxygen atoms in total. The van der Waals surface area contributed by atoms with Crippen LogP contribution in [0.2, 0.25) is 0 Å². The van der Waals surface area contributed by atoms with Gasteiger partial charge in [0.2, 0.25) is 10.0 Å². The molecule has 0 aliphatic carbocycles. The van der Waals surface area contributed by atoms with Gasteiger partial charge in [-0.25, -0.2) is 8.42 Å². The van der Waals surface area contributed by atoms with Crippen LogP contribution in [0.5, 0.6) is 0 Å². The molecule has 116 valence electrons. The van der Waals surface area contributed by atoms with Gasteiger partial charge in [-0.3, -0.25) is 0 Å². The van der Waals surface area contributed by atoms with Gasteiger partial charge in [-0.05, 0) is 31.0 Å². The lowest BCUT2D eigenvalue weighted by molar-refractivity contribution is 0.234. The summed E-state index contributed by atoms with van der Waals surface area (Å²) in [6.07, 6.45) is 0.523. The van der Waals surface area contributed by atoms with Gasteiger partial charge >= 0.3 is 0 Å². The van der Waals surface area contributed by atoms with Crippen LogP contribution in [-0.2, 0) is 16.4 Å². The summed E-state index contributed by atoms with van der Waals surface area (Å²) in [4.78, 5) is 0.279. The van der Waals surface area contributed by atoms with Crippen molar-refractivity contribution in [2.24, 2.45) is 0 Å². The lowest BCUT2D eigenvalue weighted by atomic mass is 10.0. The Morgan fingerprint density at radius 3 is 2.32 bits per heavy atom. The quantitative estimate of drug-likeness (QED) is 0.858. The molecule has 2 unspecified atom stereocenters. The van der Waals surface area contributed by atoms with E-state index in [1.165, 1.54) is 4.31 Å². The maximum Gasteiger partial charge on any atom is 0.243 e. The molecule has 1 aliphatic heterocycles. The number of hydrogen-bond acceptors (Lipinski definition) is 3.